The lowest BCUT2D eigenvalue weighted by Gasteiger charge is -2.41. The van der Waals surface area contributed by atoms with Crippen molar-refractivity contribution < 1.29 is 33.7 Å². The Labute approximate surface area is 163 Å². The van der Waals surface area contributed by atoms with E-state index in [1.807, 2.05) is 43.3 Å². The van der Waals surface area contributed by atoms with Gasteiger partial charge in [-0.2, -0.15) is 4.99 Å². The molecule has 128 valence electrons. The van der Waals surface area contributed by atoms with Crippen LogP contribution in [0.3, 0.4) is 0 Å². The van der Waals surface area contributed by atoms with Gasteiger partial charge in [-0.25, -0.2) is 0 Å². The summed E-state index contributed by atoms with van der Waals surface area (Å²) >= 11 is 5.98. The van der Waals surface area contributed by atoms with Gasteiger partial charge in [-0.1, -0.05) is 23.7 Å². The monoisotopic (exact) mass is 459 g/mol. The van der Waals surface area contributed by atoms with Crippen LogP contribution in [-0.2, 0) is 11.3 Å². The van der Waals surface area contributed by atoms with Crippen LogP contribution < -0.4 is 28.9 Å². The molecule has 6 nitrogen and oxygen atoms in total. The number of carbonyl (C=O) groups excluding carboxylic acids is 1. The van der Waals surface area contributed by atoms with Crippen molar-refractivity contribution >= 4 is 23.8 Å². The molecule has 0 bridgehead atoms. The molecule has 0 spiro atoms. The van der Waals surface area contributed by atoms with Gasteiger partial charge in [0.2, 0.25) is 11.5 Å². The number of hydrogen-bond acceptors (Lipinski definition) is 4. The summed E-state index contributed by atoms with van der Waals surface area (Å²) in [5.74, 6) is 0.883. The van der Waals surface area contributed by atoms with Crippen molar-refractivity contribution in [2.75, 3.05) is 27.2 Å². The summed E-state index contributed by atoms with van der Waals surface area (Å²) in [5.41, 5.74) is 1.89. The number of nitrogens with one attached hydrogen (secondary N) is 1. The molecule has 2 atom stereocenters. The van der Waals surface area contributed by atoms with Crippen LogP contribution in [0.1, 0.15) is 5.56 Å². The van der Waals surface area contributed by atoms with Gasteiger partial charge in [0.25, 0.3) is 0 Å². The molecule has 1 N–H and O–H groups in total. The molecule has 3 aliphatic heterocycles. The SMILES string of the molecule is CN1CCN2C(=O)C3=C(N=C[NH+]3C)N(Cc3ccc(Cl)cc3)C12.[I-]. The number of fused-ring (bicyclic) bond motifs is 1. The Morgan fingerprint density at radius 3 is 2.71 bits per heavy atom. The van der Waals surface area contributed by atoms with Crippen LogP contribution in [0.4, 0.5) is 0 Å². The highest BCUT2D eigenvalue weighted by molar-refractivity contribution is 6.30. The van der Waals surface area contributed by atoms with E-state index < -0.39 is 0 Å². The molecule has 0 saturated carbocycles. The molecular formula is C16H19ClIN5O. The maximum atomic E-state index is 12.8. The van der Waals surface area contributed by atoms with Crippen LogP contribution in [0, 0.1) is 0 Å². The maximum Gasteiger partial charge on any atom is 0.315 e. The van der Waals surface area contributed by atoms with Gasteiger partial charge < -0.3 is 28.9 Å². The van der Waals surface area contributed by atoms with E-state index in [1.54, 1.807) is 6.34 Å². The number of rotatable bonds is 2. The lowest BCUT2D eigenvalue weighted by Crippen LogP contribution is -3.06. The summed E-state index contributed by atoms with van der Waals surface area (Å²) < 4.78 is 0. The zero-order valence-electron chi connectivity index (χ0n) is 13.5. The number of amides is 1. The second-order valence-corrected chi connectivity index (χ2v) is 6.66. The van der Waals surface area contributed by atoms with E-state index in [2.05, 4.69) is 14.8 Å². The van der Waals surface area contributed by atoms with E-state index in [1.165, 1.54) is 0 Å². The zero-order valence-corrected chi connectivity index (χ0v) is 16.5. The van der Waals surface area contributed by atoms with E-state index in [0.717, 1.165) is 40.1 Å². The summed E-state index contributed by atoms with van der Waals surface area (Å²) in [6.45, 7) is 2.32. The molecule has 1 aromatic rings. The summed E-state index contributed by atoms with van der Waals surface area (Å²) in [4.78, 5) is 24.6. The molecule has 0 aromatic heterocycles. The van der Waals surface area contributed by atoms with Gasteiger partial charge in [-0.05, 0) is 24.7 Å². The third-order valence-corrected chi connectivity index (χ3v) is 4.91. The third kappa shape index (κ3) is 2.73. The lowest BCUT2D eigenvalue weighted by atomic mass is 10.2. The molecule has 3 heterocycles. The van der Waals surface area contributed by atoms with Gasteiger partial charge >= 0.3 is 5.91 Å². The first-order chi connectivity index (χ1) is 11.1. The predicted octanol–water partition coefficient (Wildman–Crippen LogP) is -3.06. The second kappa shape index (κ2) is 6.62. The minimum Gasteiger partial charge on any atom is -1.00 e. The highest BCUT2D eigenvalue weighted by Crippen LogP contribution is 2.31. The zero-order chi connectivity index (χ0) is 16.1. The van der Waals surface area contributed by atoms with Gasteiger partial charge in [-0.15, -0.1) is 0 Å². The average Bonchev–Trinajstić information content (AvgIpc) is 3.10. The Morgan fingerprint density at radius 2 is 2.00 bits per heavy atom. The Morgan fingerprint density at radius 1 is 1.29 bits per heavy atom. The standard InChI is InChI=1S/C16H18ClN5O.HI/c1-19-7-8-21-15(23)13-14(18-10-20(13)2)22(16(19)21)9-11-3-5-12(17)6-4-11;/h3-6,10,16H,7-9H2,1-2H3;1H. The molecule has 0 aliphatic carbocycles. The first-order valence-corrected chi connectivity index (χ1v) is 8.08. The maximum absolute atomic E-state index is 12.8. The van der Waals surface area contributed by atoms with E-state index >= 15 is 0 Å². The molecule has 0 radical (unpaired) electrons. The van der Waals surface area contributed by atoms with Crippen molar-refractivity contribution in [3.05, 3.63) is 46.4 Å². The van der Waals surface area contributed by atoms with Crippen LogP contribution in [-0.4, -0.2) is 60.4 Å². The fourth-order valence-electron chi connectivity index (χ4n) is 3.49. The number of nitrogens with zero attached hydrogens (tertiary/aromatic N) is 4. The highest BCUT2D eigenvalue weighted by atomic mass is 127. The van der Waals surface area contributed by atoms with Crippen molar-refractivity contribution in [3.63, 3.8) is 0 Å². The van der Waals surface area contributed by atoms with Gasteiger partial charge in [-0.3, -0.25) is 19.5 Å². The van der Waals surface area contributed by atoms with Crippen molar-refractivity contribution in [2.45, 2.75) is 12.8 Å². The molecule has 3 aliphatic rings. The van der Waals surface area contributed by atoms with Crippen molar-refractivity contribution in [1.29, 1.82) is 0 Å². The second-order valence-electron chi connectivity index (χ2n) is 6.22. The number of benzene rings is 1. The van der Waals surface area contributed by atoms with Crippen LogP contribution in [0.15, 0.2) is 40.8 Å². The first-order valence-electron chi connectivity index (χ1n) is 7.71. The van der Waals surface area contributed by atoms with Gasteiger partial charge in [0.1, 0.15) is 0 Å². The van der Waals surface area contributed by atoms with E-state index in [9.17, 15) is 4.79 Å². The van der Waals surface area contributed by atoms with Gasteiger partial charge in [0, 0.05) is 24.7 Å². The largest absolute Gasteiger partial charge is 1.00 e. The molecular weight excluding hydrogens is 441 g/mol. The van der Waals surface area contributed by atoms with Gasteiger partial charge in [0.05, 0.1) is 7.05 Å². The molecule has 8 heteroatoms. The molecule has 2 unspecified atom stereocenters. The highest BCUT2D eigenvalue weighted by Gasteiger charge is 2.49. The molecule has 1 amide bonds. The normalized spacial score (nSPS) is 25.9. The fraction of sp³-hybridized carbons (Fsp3) is 0.375. The smallest absolute Gasteiger partial charge is 0.315 e. The van der Waals surface area contributed by atoms with E-state index in [0.29, 0.717) is 6.54 Å². The topological polar surface area (TPSA) is 43.6 Å². The number of aliphatic imine (C=N–C) groups is 1. The Hall–Kier alpha value is -1.16. The number of hydrogen-bond donors (Lipinski definition) is 1. The molecule has 1 aromatic carbocycles. The molecule has 24 heavy (non-hydrogen) atoms. The fourth-order valence-corrected chi connectivity index (χ4v) is 3.61. The minimum atomic E-state index is -0.0695. The summed E-state index contributed by atoms with van der Waals surface area (Å²) in [7, 11) is 4.00. The minimum absolute atomic E-state index is 0. The Kier molecular flexibility index (Phi) is 4.87. The quantitative estimate of drug-likeness (QED) is 0.478. The molecule has 1 fully saturated rings. The predicted molar refractivity (Wildman–Crippen MR) is 87.5 cm³/mol. The molecule has 4 rings (SSSR count). The Balaban J connectivity index is 0.00000169. The number of quaternary nitrogens is 1. The van der Waals surface area contributed by atoms with Crippen LogP contribution in [0.5, 0.6) is 0 Å². The van der Waals surface area contributed by atoms with Crippen molar-refractivity contribution in [1.82, 2.24) is 14.7 Å². The number of halogens is 2. The summed E-state index contributed by atoms with van der Waals surface area (Å²) in [6, 6.07) is 7.83. The average molecular weight is 460 g/mol. The number of carbonyl (C=O) groups is 1. The Bertz CT molecular complexity index is 720. The molecule has 1 saturated heterocycles. The third-order valence-electron chi connectivity index (χ3n) is 4.66. The van der Waals surface area contributed by atoms with Gasteiger partial charge in [0.15, 0.2) is 12.6 Å². The van der Waals surface area contributed by atoms with Crippen LogP contribution in [0.25, 0.3) is 0 Å². The van der Waals surface area contributed by atoms with Crippen LogP contribution >= 0.6 is 11.6 Å². The van der Waals surface area contributed by atoms with Crippen molar-refractivity contribution in [2.24, 2.45) is 4.99 Å². The lowest BCUT2D eigenvalue weighted by molar-refractivity contribution is -0.722. The summed E-state index contributed by atoms with van der Waals surface area (Å²) in [5, 5.41) is 0.727. The number of likely N-dealkylation sites (N-methyl/N-ethyl adjacent to an activating group) is 2. The van der Waals surface area contributed by atoms with E-state index in [-0.39, 0.29) is 36.2 Å². The first kappa shape index (κ1) is 17.7. The summed E-state index contributed by atoms with van der Waals surface area (Å²) in [6.07, 6.45) is 1.72. The van der Waals surface area contributed by atoms with Crippen molar-refractivity contribution in [3.8, 4) is 0 Å². The van der Waals surface area contributed by atoms with Crippen LogP contribution in [0.2, 0.25) is 5.02 Å². The van der Waals surface area contributed by atoms with E-state index in [4.69, 9.17) is 11.6 Å².